The van der Waals surface area contributed by atoms with Gasteiger partial charge in [-0.25, -0.2) is 4.79 Å². The number of aliphatic carboxylic acids is 1. The predicted molar refractivity (Wildman–Crippen MR) is 71.1 cm³/mol. The molecule has 1 heterocycles. The minimum atomic E-state index is -2.45. The molecule has 0 aromatic carbocycles. The molecular weight excluding hydrogens is 282 g/mol. The van der Waals surface area contributed by atoms with Gasteiger partial charge in [-0.2, -0.15) is 0 Å². The fourth-order valence-corrected chi connectivity index (χ4v) is 2.57. The Kier molecular flexibility index (Phi) is 5.68. The molecule has 5 N–H and O–H groups in total. The van der Waals surface area contributed by atoms with E-state index in [9.17, 15) is 24.9 Å². The Balaban J connectivity index is 3.07. The molecule has 8 nitrogen and oxygen atoms in total. The zero-order chi connectivity index (χ0) is 16.4. The first-order valence-corrected chi connectivity index (χ1v) is 6.89. The van der Waals surface area contributed by atoms with E-state index < -0.39 is 42.0 Å². The lowest BCUT2D eigenvalue weighted by atomic mass is 9.83. The van der Waals surface area contributed by atoms with Crippen LogP contribution >= 0.6 is 0 Å². The van der Waals surface area contributed by atoms with Crippen molar-refractivity contribution in [3.8, 4) is 0 Å². The van der Waals surface area contributed by atoms with Crippen molar-refractivity contribution in [1.29, 1.82) is 0 Å². The normalized spacial score (nSPS) is 35.8. The summed E-state index contributed by atoms with van der Waals surface area (Å²) in [6, 6.07) is -0.710. The van der Waals surface area contributed by atoms with Gasteiger partial charge < -0.3 is 30.5 Å². The van der Waals surface area contributed by atoms with Crippen molar-refractivity contribution in [2.24, 2.45) is 5.92 Å². The molecular formula is C13H23NO7. The van der Waals surface area contributed by atoms with Crippen LogP contribution < -0.4 is 5.32 Å². The zero-order valence-electron chi connectivity index (χ0n) is 12.3. The van der Waals surface area contributed by atoms with Crippen molar-refractivity contribution in [3.63, 3.8) is 0 Å². The highest BCUT2D eigenvalue weighted by atomic mass is 16.7. The van der Waals surface area contributed by atoms with Gasteiger partial charge in [0.15, 0.2) is 0 Å². The number of carbonyl (C=O) groups excluding carboxylic acids is 1. The van der Waals surface area contributed by atoms with E-state index in [1.54, 1.807) is 13.8 Å². The Morgan fingerprint density at radius 2 is 2.00 bits per heavy atom. The van der Waals surface area contributed by atoms with Crippen LogP contribution in [0.1, 0.15) is 33.6 Å². The Labute approximate surface area is 122 Å². The molecule has 1 fully saturated rings. The summed E-state index contributed by atoms with van der Waals surface area (Å²) in [5.41, 5.74) is 0. The molecule has 1 amide bonds. The zero-order valence-corrected chi connectivity index (χ0v) is 12.3. The van der Waals surface area contributed by atoms with E-state index in [1.165, 1.54) is 6.92 Å². The van der Waals surface area contributed by atoms with Gasteiger partial charge in [0.25, 0.3) is 5.79 Å². The summed E-state index contributed by atoms with van der Waals surface area (Å²) >= 11 is 0. The van der Waals surface area contributed by atoms with Gasteiger partial charge in [-0.1, -0.05) is 13.8 Å². The van der Waals surface area contributed by atoms with Crippen LogP contribution in [-0.4, -0.2) is 62.4 Å². The van der Waals surface area contributed by atoms with E-state index in [-0.39, 0.29) is 18.7 Å². The maximum atomic E-state index is 11.3. The minimum Gasteiger partial charge on any atom is -0.477 e. The van der Waals surface area contributed by atoms with Crippen LogP contribution in [-0.2, 0) is 14.3 Å². The summed E-state index contributed by atoms with van der Waals surface area (Å²) in [5, 5.41) is 41.5. The lowest BCUT2D eigenvalue weighted by Crippen LogP contribution is -2.64. The number of ether oxygens (including phenoxy) is 1. The van der Waals surface area contributed by atoms with Gasteiger partial charge in [0.05, 0.1) is 12.1 Å². The molecule has 122 valence electrons. The number of rotatable bonds is 5. The average molecular weight is 305 g/mol. The summed E-state index contributed by atoms with van der Waals surface area (Å²) in [6.45, 7) is 4.55. The summed E-state index contributed by atoms with van der Waals surface area (Å²) in [4.78, 5) is 22.4. The lowest BCUT2D eigenvalue weighted by molar-refractivity contribution is -0.287. The number of aliphatic hydroxyl groups excluding tert-OH is 2. The van der Waals surface area contributed by atoms with E-state index in [1.807, 2.05) is 0 Å². The fourth-order valence-electron chi connectivity index (χ4n) is 2.57. The van der Waals surface area contributed by atoms with E-state index in [2.05, 4.69) is 5.32 Å². The van der Waals surface area contributed by atoms with E-state index >= 15 is 0 Å². The third-order valence-electron chi connectivity index (χ3n) is 3.75. The van der Waals surface area contributed by atoms with Crippen LogP contribution in [0.2, 0.25) is 0 Å². The smallest absolute Gasteiger partial charge is 0.364 e. The van der Waals surface area contributed by atoms with E-state index in [0.29, 0.717) is 0 Å². The molecule has 0 radical (unpaired) electrons. The van der Waals surface area contributed by atoms with Gasteiger partial charge >= 0.3 is 5.97 Å². The van der Waals surface area contributed by atoms with Crippen LogP contribution in [0.3, 0.4) is 0 Å². The molecule has 0 spiro atoms. The number of hydrogen-bond donors (Lipinski definition) is 5. The molecule has 0 saturated carbocycles. The van der Waals surface area contributed by atoms with Gasteiger partial charge in [-0.3, -0.25) is 4.79 Å². The van der Waals surface area contributed by atoms with Crippen LogP contribution in [0.4, 0.5) is 0 Å². The molecule has 0 aliphatic carbocycles. The van der Waals surface area contributed by atoms with Crippen molar-refractivity contribution in [2.45, 2.75) is 63.8 Å². The molecule has 0 aromatic rings. The molecule has 1 aliphatic rings. The third-order valence-corrected chi connectivity index (χ3v) is 3.75. The third kappa shape index (κ3) is 3.91. The van der Waals surface area contributed by atoms with Crippen molar-refractivity contribution in [2.75, 3.05) is 0 Å². The average Bonchev–Trinajstić information content (AvgIpc) is 2.39. The highest BCUT2D eigenvalue weighted by molar-refractivity contribution is 5.76. The molecule has 1 aliphatic heterocycles. The number of nitrogens with one attached hydrogen (secondary N) is 1. The molecule has 8 heteroatoms. The molecule has 21 heavy (non-hydrogen) atoms. The number of carboxylic acids is 1. The Morgan fingerprint density at radius 3 is 2.43 bits per heavy atom. The first kappa shape index (κ1) is 17.8. The second kappa shape index (κ2) is 6.69. The largest absolute Gasteiger partial charge is 0.477 e. The molecule has 6 unspecified atom stereocenters. The van der Waals surface area contributed by atoms with Gasteiger partial charge in [0, 0.05) is 13.3 Å². The molecule has 0 bridgehead atoms. The second-order valence-electron chi connectivity index (χ2n) is 5.55. The van der Waals surface area contributed by atoms with Crippen molar-refractivity contribution >= 4 is 11.9 Å². The monoisotopic (exact) mass is 305 g/mol. The van der Waals surface area contributed by atoms with Crippen LogP contribution in [0.15, 0.2) is 0 Å². The van der Waals surface area contributed by atoms with Gasteiger partial charge in [-0.05, 0) is 12.3 Å². The van der Waals surface area contributed by atoms with Crippen molar-refractivity contribution in [3.05, 3.63) is 0 Å². The van der Waals surface area contributed by atoms with Crippen LogP contribution in [0.5, 0.6) is 0 Å². The fraction of sp³-hybridized carbons (Fsp3) is 0.846. The van der Waals surface area contributed by atoms with Crippen molar-refractivity contribution in [1.82, 2.24) is 5.32 Å². The molecule has 0 aromatic heterocycles. The highest BCUT2D eigenvalue weighted by Gasteiger charge is 2.52. The van der Waals surface area contributed by atoms with Crippen LogP contribution in [0.25, 0.3) is 0 Å². The second-order valence-corrected chi connectivity index (χ2v) is 5.55. The Bertz CT molecular complexity index is 402. The number of carboxylic acid groups (broad SMARTS) is 1. The number of aliphatic hydroxyl groups is 3. The van der Waals surface area contributed by atoms with Gasteiger partial charge in [0.2, 0.25) is 5.91 Å². The predicted octanol–water partition coefficient (Wildman–Crippen LogP) is -1.18. The van der Waals surface area contributed by atoms with Crippen molar-refractivity contribution < 1.29 is 34.8 Å². The molecule has 1 saturated heterocycles. The lowest BCUT2D eigenvalue weighted by Gasteiger charge is -2.45. The summed E-state index contributed by atoms with van der Waals surface area (Å²) in [5.74, 6) is -4.86. The number of amides is 1. The Hall–Kier alpha value is -1.22. The first-order valence-electron chi connectivity index (χ1n) is 6.89. The van der Waals surface area contributed by atoms with E-state index in [4.69, 9.17) is 9.84 Å². The Morgan fingerprint density at radius 1 is 1.43 bits per heavy atom. The summed E-state index contributed by atoms with van der Waals surface area (Å²) < 4.78 is 5.14. The van der Waals surface area contributed by atoms with Crippen LogP contribution in [0, 0.1) is 5.92 Å². The quantitative estimate of drug-likeness (QED) is 0.431. The standard InChI is InChI=1S/C13H23NO7/c1-4-8(16)10(17)11-9(14-7(3)15)6(2)5-13(20,21-11)12(18)19/h6,8-11,16-17,20H,4-5H2,1-3H3,(H,14,15)(H,18,19). The topological polar surface area (TPSA) is 136 Å². The van der Waals surface area contributed by atoms with E-state index in [0.717, 1.165) is 0 Å². The van der Waals surface area contributed by atoms with Gasteiger partial charge in [-0.15, -0.1) is 0 Å². The number of carbonyl (C=O) groups is 2. The van der Waals surface area contributed by atoms with Gasteiger partial charge in [0.1, 0.15) is 12.2 Å². The summed E-state index contributed by atoms with van der Waals surface area (Å²) in [6.07, 6.45) is -3.84. The number of hydrogen-bond acceptors (Lipinski definition) is 6. The highest BCUT2D eigenvalue weighted by Crippen LogP contribution is 2.34. The maximum Gasteiger partial charge on any atom is 0.364 e. The SMILES string of the molecule is CCC(O)C(O)C1OC(O)(C(=O)O)CC(C)C1NC(C)=O. The summed E-state index contributed by atoms with van der Waals surface area (Å²) in [7, 11) is 0. The molecule has 1 rings (SSSR count). The minimum absolute atomic E-state index is 0.216. The molecule has 6 atom stereocenters. The maximum absolute atomic E-state index is 11.3. The first-order chi connectivity index (χ1) is 9.62.